The number of thiophene rings is 1. The van der Waals surface area contributed by atoms with E-state index in [-0.39, 0.29) is 12.1 Å². The summed E-state index contributed by atoms with van der Waals surface area (Å²) in [5, 5.41) is 14.3. The van der Waals surface area contributed by atoms with Crippen LogP contribution in [0.1, 0.15) is 11.1 Å². The SMILES string of the molecule is Cc1ccc(-c2csc3ncn(CC(=O)Nc4ccccc4C#N)c(=O)c23)cc1. The van der Waals surface area contributed by atoms with E-state index < -0.39 is 5.91 Å². The molecule has 0 spiro atoms. The highest BCUT2D eigenvalue weighted by Gasteiger charge is 2.15. The third kappa shape index (κ3) is 3.66. The Labute approximate surface area is 170 Å². The average Bonchev–Trinajstić information content (AvgIpc) is 3.16. The molecule has 2 heterocycles. The first kappa shape index (κ1) is 18.6. The highest BCUT2D eigenvalue weighted by atomic mass is 32.1. The molecule has 0 bridgehead atoms. The molecule has 0 radical (unpaired) electrons. The van der Waals surface area contributed by atoms with Crippen molar-refractivity contribution in [1.29, 1.82) is 5.26 Å². The number of hydrogen-bond donors (Lipinski definition) is 1. The normalized spacial score (nSPS) is 10.6. The number of benzene rings is 2. The molecule has 2 aromatic heterocycles. The van der Waals surface area contributed by atoms with E-state index in [0.29, 0.717) is 21.5 Å². The van der Waals surface area contributed by atoms with Crippen LogP contribution in [0.25, 0.3) is 21.3 Å². The number of nitriles is 1. The maximum atomic E-state index is 13.1. The molecule has 1 amide bonds. The third-order valence-electron chi connectivity index (χ3n) is 4.56. The highest BCUT2D eigenvalue weighted by molar-refractivity contribution is 7.17. The number of hydrogen-bond acceptors (Lipinski definition) is 5. The molecular formula is C22H16N4O2S. The number of anilines is 1. The van der Waals surface area contributed by atoms with E-state index in [1.807, 2.05) is 42.6 Å². The molecule has 4 rings (SSSR count). The molecule has 0 saturated heterocycles. The maximum absolute atomic E-state index is 13.1. The fourth-order valence-electron chi connectivity index (χ4n) is 3.06. The van der Waals surface area contributed by atoms with Gasteiger partial charge >= 0.3 is 0 Å². The Morgan fingerprint density at radius 2 is 1.97 bits per heavy atom. The Kier molecular flexibility index (Phi) is 4.94. The number of nitrogens with one attached hydrogen (secondary N) is 1. The lowest BCUT2D eigenvalue weighted by atomic mass is 10.1. The molecule has 7 heteroatoms. The number of carbonyl (C=O) groups is 1. The zero-order chi connectivity index (χ0) is 20.4. The van der Waals surface area contributed by atoms with Crippen LogP contribution in [0.3, 0.4) is 0 Å². The monoisotopic (exact) mass is 400 g/mol. The van der Waals surface area contributed by atoms with Crippen molar-refractivity contribution in [2.24, 2.45) is 0 Å². The number of carbonyl (C=O) groups excluding carboxylic acids is 1. The fourth-order valence-corrected chi connectivity index (χ4v) is 3.97. The second kappa shape index (κ2) is 7.70. The number of rotatable bonds is 4. The van der Waals surface area contributed by atoms with Gasteiger partial charge in [0.2, 0.25) is 5.91 Å². The van der Waals surface area contributed by atoms with Crippen molar-refractivity contribution < 1.29 is 4.79 Å². The van der Waals surface area contributed by atoms with Crippen LogP contribution in [0.4, 0.5) is 5.69 Å². The fraction of sp³-hybridized carbons (Fsp3) is 0.0909. The van der Waals surface area contributed by atoms with Crippen LogP contribution in [0.15, 0.2) is 65.0 Å². The zero-order valence-electron chi connectivity index (χ0n) is 15.5. The van der Waals surface area contributed by atoms with E-state index in [0.717, 1.165) is 16.7 Å². The number of aryl methyl sites for hydroxylation is 1. The molecule has 0 aliphatic rings. The van der Waals surface area contributed by atoms with Gasteiger partial charge in [-0.05, 0) is 24.6 Å². The Hall–Kier alpha value is -3.76. The minimum atomic E-state index is -0.400. The maximum Gasteiger partial charge on any atom is 0.263 e. The van der Waals surface area contributed by atoms with Gasteiger partial charge in [-0.1, -0.05) is 42.0 Å². The lowest BCUT2D eigenvalue weighted by Gasteiger charge is -2.09. The lowest BCUT2D eigenvalue weighted by Crippen LogP contribution is -2.28. The van der Waals surface area contributed by atoms with Gasteiger partial charge in [-0.25, -0.2) is 4.98 Å². The summed E-state index contributed by atoms with van der Waals surface area (Å²) < 4.78 is 1.29. The molecular weight excluding hydrogens is 384 g/mol. The second-order valence-corrected chi connectivity index (χ2v) is 7.44. The van der Waals surface area contributed by atoms with Gasteiger partial charge in [0.25, 0.3) is 5.56 Å². The van der Waals surface area contributed by atoms with Gasteiger partial charge in [0.05, 0.1) is 23.0 Å². The van der Waals surface area contributed by atoms with Crippen LogP contribution in [0.5, 0.6) is 0 Å². The molecule has 1 N–H and O–H groups in total. The van der Waals surface area contributed by atoms with Crippen LogP contribution < -0.4 is 10.9 Å². The Morgan fingerprint density at radius 1 is 1.21 bits per heavy atom. The van der Waals surface area contributed by atoms with Gasteiger partial charge in [-0.3, -0.25) is 14.2 Å². The van der Waals surface area contributed by atoms with Gasteiger partial charge in [0.1, 0.15) is 17.4 Å². The molecule has 6 nitrogen and oxygen atoms in total. The van der Waals surface area contributed by atoms with Crippen LogP contribution >= 0.6 is 11.3 Å². The molecule has 142 valence electrons. The average molecular weight is 400 g/mol. The van der Waals surface area contributed by atoms with Crippen molar-refractivity contribution in [2.75, 3.05) is 5.32 Å². The summed E-state index contributed by atoms with van der Waals surface area (Å²) in [6.07, 6.45) is 1.38. The summed E-state index contributed by atoms with van der Waals surface area (Å²) in [6.45, 7) is 1.82. The van der Waals surface area contributed by atoms with Crippen LogP contribution in [-0.2, 0) is 11.3 Å². The van der Waals surface area contributed by atoms with Gasteiger partial charge in [-0.2, -0.15) is 5.26 Å². The summed E-state index contributed by atoms with van der Waals surface area (Å²) in [7, 11) is 0. The molecule has 29 heavy (non-hydrogen) atoms. The van der Waals surface area contributed by atoms with Crippen molar-refractivity contribution in [3.8, 4) is 17.2 Å². The molecule has 0 atom stereocenters. The molecule has 2 aromatic carbocycles. The molecule has 0 aliphatic carbocycles. The Bertz CT molecular complexity index is 1310. The number of aromatic nitrogens is 2. The van der Waals surface area contributed by atoms with E-state index in [1.165, 1.54) is 22.2 Å². The Morgan fingerprint density at radius 3 is 2.72 bits per heavy atom. The van der Waals surface area contributed by atoms with E-state index in [4.69, 9.17) is 5.26 Å². The van der Waals surface area contributed by atoms with Crippen LogP contribution in [0.2, 0.25) is 0 Å². The minimum Gasteiger partial charge on any atom is -0.323 e. The summed E-state index contributed by atoms with van der Waals surface area (Å²) in [5.41, 5.74) is 3.39. The molecule has 0 unspecified atom stereocenters. The highest BCUT2D eigenvalue weighted by Crippen LogP contribution is 2.30. The molecule has 0 saturated carbocycles. The topological polar surface area (TPSA) is 87.8 Å². The zero-order valence-corrected chi connectivity index (χ0v) is 16.4. The van der Waals surface area contributed by atoms with Crippen molar-refractivity contribution in [1.82, 2.24) is 9.55 Å². The molecule has 4 aromatic rings. The predicted molar refractivity (Wildman–Crippen MR) is 114 cm³/mol. The lowest BCUT2D eigenvalue weighted by molar-refractivity contribution is -0.116. The number of nitrogens with zero attached hydrogens (tertiary/aromatic N) is 3. The van der Waals surface area contributed by atoms with Gasteiger partial charge in [0.15, 0.2) is 0 Å². The second-order valence-electron chi connectivity index (χ2n) is 6.58. The van der Waals surface area contributed by atoms with Crippen LogP contribution in [0, 0.1) is 18.3 Å². The van der Waals surface area contributed by atoms with Crippen molar-refractivity contribution in [2.45, 2.75) is 13.5 Å². The standard InChI is InChI=1S/C22H16N4O2S/c1-14-6-8-15(9-7-14)17-12-29-21-20(17)22(28)26(13-24-21)11-19(27)25-18-5-3-2-4-16(18)10-23/h2-9,12-13H,11H2,1H3,(H,25,27). The summed E-state index contributed by atoms with van der Waals surface area (Å²) in [4.78, 5) is 30.5. The molecule has 0 aliphatic heterocycles. The van der Waals surface area contributed by atoms with Crippen molar-refractivity contribution in [3.63, 3.8) is 0 Å². The van der Waals surface area contributed by atoms with E-state index in [9.17, 15) is 9.59 Å². The number of para-hydroxylation sites is 1. The Balaban J connectivity index is 1.66. The summed E-state index contributed by atoms with van der Waals surface area (Å²) in [5.74, 6) is -0.400. The van der Waals surface area contributed by atoms with E-state index in [1.54, 1.807) is 24.3 Å². The summed E-state index contributed by atoms with van der Waals surface area (Å²) in [6, 6.07) is 16.7. The van der Waals surface area contributed by atoms with E-state index >= 15 is 0 Å². The van der Waals surface area contributed by atoms with Gasteiger partial charge < -0.3 is 5.32 Å². The van der Waals surface area contributed by atoms with E-state index in [2.05, 4.69) is 10.3 Å². The first-order chi connectivity index (χ1) is 14.1. The smallest absolute Gasteiger partial charge is 0.263 e. The van der Waals surface area contributed by atoms with Gasteiger partial charge in [-0.15, -0.1) is 11.3 Å². The predicted octanol–water partition coefficient (Wildman–Crippen LogP) is 3.94. The van der Waals surface area contributed by atoms with Crippen LogP contribution in [-0.4, -0.2) is 15.5 Å². The largest absolute Gasteiger partial charge is 0.323 e. The first-order valence-electron chi connectivity index (χ1n) is 8.89. The van der Waals surface area contributed by atoms with Crippen molar-refractivity contribution >= 4 is 33.1 Å². The first-order valence-corrected chi connectivity index (χ1v) is 9.77. The minimum absolute atomic E-state index is 0.190. The summed E-state index contributed by atoms with van der Waals surface area (Å²) >= 11 is 1.40. The molecule has 0 fully saturated rings. The van der Waals surface area contributed by atoms with Gasteiger partial charge in [0, 0.05) is 10.9 Å². The quantitative estimate of drug-likeness (QED) is 0.562. The third-order valence-corrected chi connectivity index (χ3v) is 5.45. The number of fused-ring (bicyclic) bond motifs is 1. The van der Waals surface area contributed by atoms with Crippen molar-refractivity contribution in [3.05, 3.63) is 81.7 Å². The number of amides is 1.